The Bertz CT molecular complexity index is 679. The number of rotatable bonds is 6. The number of aromatic nitrogens is 2. The molecule has 3 heterocycles. The van der Waals surface area contributed by atoms with Crippen molar-refractivity contribution in [3.63, 3.8) is 0 Å². The van der Waals surface area contributed by atoms with Crippen molar-refractivity contribution < 1.29 is 4.79 Å². The highest BCUT2D eigenvalue weighted by molar-refractivity contribution is 5.78. The highest BCUT2D eigenvalue weighted by atomic mass is 16.1. The van der Waals surface area contributed by atoms with E-state index in [9.17, 15) is 4.79 Å². The Hall–Kier alpha value is -1.88. The maximum atomic E-state index is 12.3. The third-order valence-electron chi connectivity index (χ3n) is 4.65. The molecular formula is C19H28N4O. The first kappa shape index (κ1) is 17.0. The SMILES string of the molecule is CC(C)CN1CCC[C@H](CNC(=O)Cc2cnc3ccccn23)C1. The molecule has 0 unspecified atom stereocenters. The molecule has 0 aliphatic carbocycles. The van der Waals surface area contributed by atoms with Crippen LogP contribution in [0.15, 0.2) is 30.6 Å². The Balaban J connectivity index is 1.49. The second kappa shape index (κ2) is 7.79. The van der Waals surface area contributed by atoms with Crippen LogP contribution in [0, 0.1) is 11.8 Å². The second-order valence-corrected chi connectivity index (χ2v) is 7.32. The minimum absolute atomic E-state index is 0.0848. The lowest BCUT2D eigenvalue weighted by atomic mass is 9.97. The van der Waals surface area contributed by atoms with Crippen molar-refractivity contribution in [1.29, 1.82) is 0 Å². The van der Waals surface area contributed by atoms with Crippen molar-refractivity contribution in [3.05, 3.63) is 36.3 Å². The molecule has 3 rings (SSSR count). The van der Waals surface area contributed by atoms with E-state index in [0.29, 0.717) is 18.3 Å². The Labute approximate surface area is 144 Å². The van der Waals surface area contributed by atoms with Gasteiger partial charge in [-0.2, -0.15) is 0 Å². The molecule has 0 bridgehead atoms. The van der Waals surface area contributed by atoms with Crippen LogP contribution in [0.4, 0.5) is 0 Å². The number of carbonyl (C=O) groups is 1. The molecule has 5 nitrogen and oxygen atoms in total. The van der Waals surface area contributed by atoms with Crippen molar-refractivity contribution in [2.24, 2.45) is 11.8 Å². The molecule has 2 aromatic rings. The Morgan fingerprint density at radius 3 is 3.12 bits per heavy atom. The summed E-state index contributed by atoms with van der Waals surface area (Å²) in [5.41, 5.74) is 1.82. The Morgan fingerprint density at radius 2 is 2.29 bits per heavy atom. The van der Waals surface area contributed by atoms with Crippen LogP contribution in [0.3, 0.4) is 0 Å². The van der Waals surface area contributed by atoms with E-state index in [-0.39, 0.29) is 5.91 Å². The number of carbonyl (C=O) groups excluding carboxylic acids is 1. The molecule has 1 aliphatic heterocycles. The van der Waals surface area contributed by atoms with Crippen molar-refractivity contribution in [3.8, 4) is 0 Å². The van der Waals surface area contributed by atoms with Gasteiger partial charge in [0.05, 0.1) is 12.1 Å². The average molecular weight is 328 g/mol. The zero-order valence-electron chi connectivity index (χ0n) is 14.7. The van der Waals surface area contributed by atoms with Gasteiger partial charge in [0.15, 0.2) is 0 Å². The summed E-state index contributed by atoms with van der Waals surface area (Å²) in [5.74, 6) is 1.36. The second-order valence-electron chi connectivity index (χ2n) is 7.32. The predicted octanol–water partition coefficient (Wildman–Crippen LogP) is 2.36. The van der Waals surface area contributed by atoms with E-state index < -0.39 is 0 Å². The van der Waals surface area contributed by atoms with Gasteiger partial charge in [0.2, 0.25) is 5.91 Å². The third-order valence-corrected chi connectivity index (χ3v) is 4.65. The molecule has 1 saturated heterocycles. The largest absolute Gasteiger partial charge is 0.355 e. The van der Waals surface area contributed by atoms with Gasteiger partial charge >= 0.3 is 0 Å². The van der Waals surface area contributed by atoms with Crippen molar-refractivity contribution >= 4 is 11.6 Å². The lowest BCUT2D eigenvalue weighted by Crippen LogP contribution is -2.42. The number of nitrogens with zero attached hydrogens (tertiary/aromatic N) is 3. The van der Waals surface area contributed by atoms with E-state index in [0.717, 1.165) is 31.0 Å². The molecule has 0 radical (unpaired) electrons. The number of imidazole rings is 1. The highest BCUT2D eigenvalue weighted by Crippen LogP contribution is 2.17. The number of fused-ring (bicyclic) bond motifs is 1. The van der Waals surface area contributed by atoms with E-state index in [1.54, 1.807) is 6.20 Å². The molecule has 1 aliphatic rings. The minimum atomic E-state index is 0.0848. The minimum Gasteiger partial charge on any atom is -0.355 e. The predicted molar refractivity (Wildman–Crippen MR) is 95.9 cm³/mol. The normalized spacial score (nSPS) is 19.0. The van der Waals surface area contributed by atoms with Crippen LogP contribution in [-0.2, 0) is 11.2 Å². The maximum Gasteiger partial charge on any atom is 0.226 e. The molecule has 0 aromatic carbocycles. The number of hydrogen-bond donors (Lipinski definition) is 1. The number of hydrogen-bond acceptors (Lipinski definition) is 3. The van der Waals surface area contributed by atoms with Gasteiger partial charge < -0.3 is 14.6 Å². The monoisotopic (exact) mass is 328 g/mol. The molecule has 130 valence electrons. The molecule has 2 aromatic heterocycles. The Morgan fingerprint density at radius 1 is 1.42 bits per heavy atom. The van der Waals surface area contributed by atoms with E-state index in [1.165, 1.54) is 19.4 Å². The van der Waals surface area contributed by atoms with Crippen LogP contribution in [0.1, 0.15) is 32.4 Å². The summed E-state index contributed by atoms with van der Waals surface area (Å²) in [4.78, 5) is 19.2. The number of piperidine rings is 1. The zero-order chi connectivity index (χ0) is 16.9. The smallest absolute Gasteiger partial charge is 0.226 e. The maximum absolute atomic E-state index is 12.3. The topological polar surface area (TPSA) is 49.6 Å². The van der Waals surface area contributed by atoms with Crippen molar-refractivity contribution in [2.75, 3.05) is 26.2 Å². The molecule has 5 heteroatoms. The van der Waals surface area contributed by atoms with Crippen LogP contribution in [0.5, 0.6) is 0 Å². The van der Waals surface area contributed by atoms with Gasteiger partial charge in [-0.05, 0) is 43.4 Å². The molecule has 0 saturated carbocycles. The fourth-order valence-corrected chi connectivity index (χ4v) is 3.60. The van der Waals surface area contributed by atoms with E-state index >= 15 is 0 Å². The fourth-order valence-electron chi connectivity index (χ4n) is 3.60. The molecule has 1 amide bonds. The van der Waals surface area contributed by atoms with Crippen LogP contribution in [0.25, 0.3) is 5.65 Å². The summed E-state index contributed by atoms with van der Waals surface area (Å²) >= 11 is 0. The number of pyridine rings is 1. The van der Waals surface area contributed by atoms with Crippen molar-refractivity contribution in [1.82, 2.24) is 19.6 Å². The fraction of sp³-hybridized carbons (Fsp3) is 0.579. The zero-order valence-corrected chi connectivity index (χ0v) is 14.7. The van der Waals surface area contributed by atoms with Gasteiger partial charge in [-0.25, -0.2) is 4.98 Å². The molecule has 1 fully saturated rings. The number of amides is 1. The van der Waals surface area contributed by atoms with Crippen LogP contribution >= 0.6 is 0 Å². The van der Waals surface area contributed by atoms with E-state index in [2.05, 4.69) is 29.0 Å². The Kier molecular flexibility index (Phi) is 5.51. The molecule has 1 N–H and O–H groups in total. The van der Waals surface area contributed by atoms with Crippen LogP contribution in [-0.4, -0.2) is 46.4 Å². The van der Waals surface area contributed by atoms with Gasteiger partial charge in [0.25, 0.3) is 0 Å². The first-order chi connectivity index (χ1) is 11.6. The summed E-state index contributed by atoms with van der Waals surface area (Å²) in [6, 6.07) is 5.87. The van der Waals surface area contributed by atoms with Crippen LogP contribution in [0.2, 0.25) is 0 Å². The van der Waals surface area contributed by atoms with E-state index in [1.807, 2.05) is 28.8 Å². The molecular weight excluding hydrogens is 300 g/mol. The van der Waals surface area contributed by atoms with E-state index in [4.69, 9.17) is 0 Å². The summed E-state index contributed by atoms with van der Waals surface area (Å²) < 4.78 is 1.98. The summed E-state index contributed by atoms with van der Waals surface area (Å²) in [7, 11) is 0. The quantitative estimate of drug-likeness (QED) is 0.885. The lowest BCUT2D eigenvalue weighted by molar-refractivity contribution is -0.120. The highest BCUT2D eigenvalue weighted by Gasteiger charge is 2.21. The first-order valence-corrected chi connectivity index (χ1v) is 9.02. The van der Waals surface area contributed by atoms with Crippen molar-refractivity contribution in [2.45, 2.75) is 33.1 Å². The van der Waals surface area contributed by atoms with Gasteiger partial charge in [0, 0.05) is 32.0 Å². The first-order valence-electron chi connectivity index (χ1n) is 9.02. The lowest BCUT2D eigenvalue weighted by Gasteiger charge is -2.33. The van der Waals surface area contributed by atoms with Crippen LogP contribution < -0.4 is 5.32 Å². The molecule has 1 atom stereocenters. The summed E-state index contributed by atoms with van der Waals surface area (Å²) in [5, 5.41) is 3.12. The van der Waals surface area contributed by atoms with Gasteiger partial charge in [-0.3, -0.25) is 4.79 Å². The summed E-state index contributed by atoms with van der Waals surface area (Å²) in [6.07, 6.45) is 6.58. The third kappa shape index (κ3) is 4.35. The number of nitrogens with one attached hydrogen (secondary N) is 1. The average Bonchev–Trinajstić information content (AvgIpc) is 2.96. The summed E-state index contributed by atoms with van der Waals surface area (Å²) in [6.45, 7) is 8.78. The molecule has 0 spiro atoms. The standard InChI is InChI=1S/C19H28N4O/c1-15(2)13-22-8-5-6-16(14-22)11-21-19(24)10-17-12-20-18-7-3-4-9-23(17)18/h3-4,7,9,12,15-16H,5-6,8,10-11,13-14H2,1-2H3,(H,21,24)/t16-/m1/s1. The molecule has 24 heavy (non-hydrogen) atoms. The van der Waals surface area contributed by atoms with Gasteiger partial charge in [-0.15, -0.1) is 0 Å². The number of likely N-dealkylation sites (tertiary alicyclic amines) is 1. The van der Waals surface area contributed by atoms with Gasteiger partial charge in [-0.1, -0.05) is 19.9 Å². The van der Waals surface area contributed by atoms with Gasteiger partial charge in [0.1, 0.15) is 5.65 Å².